The van der Waals surface area contributed by atoms with Crippen LogP contribution in [0.3, 0.4) is 0 Å². The highest BCUT2D eigenvalue weighted by Crippen LogP contribution is 2.18. The van der Waals surface area contributed by atoms with Crippen LogP contribution in [0.2, 0.25) is 0 Å². The lowest BCUT2D eigenvalue weighted by Gasteiger charge is -2.34. The van der Waals surface area contributed by atoms with Crippen molar-refractivity contribution in [1.29, 1.82) is 0 Å². The largest absolute Gasteiger partial charge is 0.365 e. The van der Waals surface area contributed by atoms with Gasteiger partial charge in [0.2, 0.25) is 5.95 Å². The molecule has 2 aromatic heterocycles. The van der Waals surface area contributed by atoms with Crippen LogP contribution in [0.15, 0.2) is 29.5 Å². The molecule has 0 radical (unpaired) electrons. The minimum absolute atomic E-state index is 0.110. The van der Waals surface area contributed by atoms with Crippen molar-refractivity contribution in [1.82, 2.24) is 24.4 Å². The van der Waals surface area contributed by atoms with Crippen LogP contribution in [0.4, 0.5) is 5.95 Å². The summed E-state index contributed by atoms with van der Waals surface area (Å²) in [7, 11) is 5.04. The van der Waals surface area contributed by atoms with Gasteiger partial charge in [-0.1, -0.05) is 0 Å². The Balaban J connectivity index is 1.95. The van der Waals surface area contributed by atoms with E-state index in [1.165, 1.54) is 21.9 Å². The smallest absolute Gasteiger partial charge is 0.255 e. The summed E-state index contributed by atoms with van der Waals surface area (Å²) in [6, 6.07) is 3.14. The van der Waals surface area contributed by atoms with Crippen molar-refractivity contribution in [3.8, 4) is 11.4 Å². The normalized spacial score (nSPS) is 17.4. The quantitative estimate of drug-likeness (QED) is 0.743. The third kappa shape index (κ3) is 3.50. The Morgan fingerprint density at radius 2 is 2.16 bits per heavy atom. The molecule has 1 aliphatic heterocycles. The molecule has 0 aromatic carbocycles. The average Bonchev–Trinajstić information content (AvgIpc) is 2.64. The molecule has 0 saturated carbocycles. The van der Waals surface area contributed by atoms with Gasteiger partial charge in [-0.15, -0.1) is 0 Å². The van der Waals surface area contributed by atoms with Crippen molar-refractivity contribution in [3.05, 3.63) is 35.0 Å². The van der Waals surface area contributed by atoms with Crippen molar-refractivity contribution in [2.75, 3.05) is 38.7 Å². The lowest BCUT2D eigenvalue weighted by Crippen LogP contribution is -2.50. The van der Waals surface area contributed by atoms with Gasteiger partial charge in [0.15, 0.2) is 6.10 Å². The summed E-state index contributed by atoms with van der Waals surface area (Å²) in [4.78, 5) is 40.5. The van der Waals surface area contributed by atoms with Gasteiger partial charge in [0.1, 0.15) is 6.33 Å². The van der Waals surface area contributed by atoms with E-state index < -0.39 is 6.10 Å². The molecule has 3 rings (SSSR count). The minimum Gasteiger partial charge on any atom is -0.365 e. The summed E-state index contributed by atoms with van der Waals surface area (Å²) in [5.41, 5.74) is 0.853. The zero-order chi connectivity index (χ0) is 18.0. The summed E-state index contributed by atoms with van der Waals surface area (Å²) in [5.74, 6) is 0.377. The molecule has 0 aliphatic carbocycles. The van der Waals surface area contributed by atoms with Gasteiger partial charge in [0.25, 0.3) is 11.5 Å². The van der Waals surface area contributed by atoms with E-state index in [4.69, 9.17) is 4.74 Å². The second-order valence-electron chi connectivity index (χ2n) is 5.97. The van der Waals surface area contributed by atoms with Crippen LogP contribution in [-0.2, 0) is 16.6 Å². The van der Waals surface area contributed by atoms with Crippen molar-refractivity contribution < 1.29 is 9.53 Å². The van der Waals surface area contributed by atoms with Gasteiger partial charge >= 0.3 is 0 Å². The molecular formula is C16H20N6O3. The number of aromatic nitrogens is 4. The monoisotopic (exact) mass is 344 g/mol. The first kappa shape index (κ1) is 17.0. The predicted octanol–water partition coefficient (Wildman–Crippen LogP) is -0.469. The molecule has 25 heavy (non-hydrogen) atoms. The number of ether oxygens (including phenoxy) is 1. The average molecular weight is 344 g/mol. The van der Waals surface area contributed by atoms with Gasteiger partial charge in [-0.25, -0.2) is 15.0 Å². The first-order valence-electron chi connectivity index (χ1n) is 7.89. The highest BCUT2D eigenvalue weighted by molar-refractivity contribution is 5.81. The zero-order valence-electron chi connectivity index (χ0n) is 14.4. The van der Waals surface area contributed by atoms with Gasteiger partial charge in [-0.2, -0.15) is 0 Å². The second-order valence-corrected chi connectivity index (χ2v) is 5.97. The second kappa shape index (κ2) is 6.98. The van der Waals surface area contributed by atoms with Gasteiger partial charge in [0, 0.05) is 40.0 Å². The molecule has 3 heterocycles. The topological polar surface area (TPSA) is 93.5 Å². The number of morpholine rings is 1. The number of carbonyl (C=O) groups is 1. The highest BCUT2D eigenvalue weighted by atomic mass is 16.5. The van der Waals surface area contributed by atoms with Crippen LogP contribution in [0, 0.1) is 0 Å². The molecular weight excluding hydrogens is 324 g/mol. The SMILES string of the molecule is CN(C)C(=O)C1CN(c2nc(-c3ccncn3)cc(=O)n2C)CCO1. The molecule has 2 aromatic rings. The van der Waals surface area contributed by atoms with Crippen LogP contribution >= 0.6 is 0 Å². The molecule has 0 spiro atoms. The number of hydrogen-bond acceptors (Lipinski definition) is 7. The minimum atomic E-state index is -0.580. The predicted molar refractivity (Wildman–Crippen MR) is 91.2 cm³/mol. The number of amides is 1. The molecule has 9 nitrogen and oxygen atoms in total. The van der Waals surface area contributed by atoms with Gasteiger partial charge in [-0.05, 0) is 6.07 Å². The molecule has 1 aliphatic rings. The Labute approximate surface area is 144 Å². The van der Waals surface area contributed by atoms with Gasteiger partial charge in [-0.3, -0.25) is 14.2 Å². The maximum atomic E-state index is 12.3. The molecule has 1 unspecified atom stereocenters. The molecule has 1 fully saturated rings. The Kier molecular flexibility index (Phi) is 4.75. The van der Waals surface area contributed by atoms with Crippen LogP contribution in [0.5, 0.6) is 0 Å². The van der Waals surface area contributed by atoms with E-state index in [1.54, 1.807) is 33.4 Å². The van der Waals surface area contributed by atoms with E-state index in [0.29, 0.717) is 37.0 Å². The third-order valence-corrected chi connectivity index (χ3v) is 4.02. The Morgan fingerprint density at radius 3 is 2.84 bits per heavy atom. The Hall–Kier alpha value is -2.81. The first-order valence-corrected chi connectivity index (χ1v) is 7.89. The molecule has 9 heteroatoms. The maximum Gasteiger partial charge on any atom is 0.255 e. The van der Waals surface area contributed by atoms with Crippen molar-refractivity contribution >= 4 is 11.9 Å². The fourth-order valence-electron chi connectivity index (χ4n) is 2.65. The van der Waals surface area contributed by atoms with Crippen LogP contribution in [0.25, 0.3) is 11.4 Å². The zero-order valence-corrected chi connectivity index (χ0v) is 14.4. The molecule has 0 N–H and O–H groups in total. The van der Waals surface area contributed by atoms with E-state index in [0.717, 1.165) is 0 Å². The summed E-state index contributed by atoms with van der Waals surface area (Å²) < 4.78 is 7.03. The highest BCUT2D eigenvalue weighted by Gasteiger charge is 2.29. The molecule has 0 bridgehead atoms. The molecule has 1 saturated heterocycles. The summed E-state index contributed by atoms with van der Waals surface area (Å²) >= 11 is 0. The van der Waals surface area contributed by atoms with Crippen molar-refractivity contribution in [3.63, 3.8) is 0 Å². The maximum absolute atomic E-state index is 12.3. The number of nitrogens with zero attached hydrogens (tertiary/aromatic N) is 6. The van der Waals surface area contributed by atoms with E-state index in [1.807, 2.05) is 4.90 Å². The summed E-state index contributed by atoms with van der Waals surface area (Å²) in [6.07, 6.45) is 2.43. The van der Waals surface area contributed by atoms with Gasteiger partial charge in [0.05, 0.1) is 24.5 Å². The first-order chi connectivity index (χ1) is 12.0. The standard InChI is InChI=1S/C16H20N6O3/c1-20(2)15(24)13-9-22(6-7-25-13)16-19-12(8-14(23)21(16)3)11-4-5-17-10-18-11/h4-5,8,10,13H,6-7,9H2,1-3H3. The van der Waals surface area contributed by atoms with E-state index in [-0.39, 0.29) is 11.5 Å². The van der Waals surface area contributed by atoms with Crippen LogP contribution in [-0.4, -0.2) is 70.2 Å². The van der Waals surface area contributed by atoms with E-state index in [9.17, 15) is 9.59 Å². The number of hydrogen-bond donors (Lipinski definition) is 0. The number of rotatable bonds is 3. The van der Waals surface area contributed by atoms with E-state index in [2.05, 4.69) is 15.0 Å². The lowest BCUT2D eigenvalue weighted by atomic mass is 10.2. The van der Waals surface area contributed by atoms with Crippen molar-refractivity contribution in [2.45, 2.75) is 6.10 Å². The van der Waals surface area contributed by atoms with Gasteiger partial charge < -0.3 is 14.5 Å². The van der Waals surface area contributed by atoms with Crippen LogP contribution in [0.1, 0.15) is 0 Å². The molecule has 1 amide bonds. The number of anilines is 1. The molecule has 1 atom stereocenters. The fraction of sp³-hybridized carbons (Fsp3) is 0.438. The fourth-order valence-corrected chi connectivity index (χ4v) is 2.65. The van der Waals surface area contributed by atoms with Crippen LogP contribution < -0.4 is 10.5 Å². The summed E-state index contributed by atoms with van der Waals surface area (Å²) in [6.45, 7) is 1.27. The van der Waals surface area contributed by atoms with Crippen molar-refractivity contribution in [2.24, 2.45) is 7.05 Å². The lowest BCUT2D eigenvalue weighted by molar-refractivity contribution is -0.141. The third-order valence-electron chi connectivity index (χ3n) is 4.02. The summed E-state index contributed by atoms with van der Waals surface area (Å²) in [5, 5.41) is 0. The number of carbonyl (C=O) groups excluding carboxylic acids is 1. The van der Waals surface area contributed by atoms with E-state index >= 15 is 0 Å². The Morgan fingerprint density at radius 1 is 1.36 bits per heavy atom. The Bertz CT molecular complexity index is 820. The molecule has 132 valence electrons. The number of likely N-dealkylation sites (N-methyl/N-ethyl adjacent to an activating group) is 1.